The van der Waals surface area contributed by atoms with E-state index in [1.165, 1.54) is 16.8 Å². The molecule has 3 rings (SSSR count). The molecule has 24 heavy (non-hydrogen) atoms. The lowest BCUT2D eigenvalue weighted by Gasteiger charge is -2.38. The van der Waals surface area contributed by atoms with Crippen molar-refractivity contribution in [2.24, 2.45) is 5.92 Å². The molecule has 1 aliphatic heterocycles. The maximum Gasteiger partial charge on any atom is 0.409 e. The molecule has 0 spiro atoms. The van der Waals surface area contributed by atoms with Gasteiger partial charge < -0.3 is 14.5 Å². The zero-order valence-corrected chi connectivity index (χ0v) is 15.0. The van der Waals surface area contributed by atoms with E-state index in [0.29, 0.717) is 12.5 Å². The molecule has 4 heteroatoms. The lowest BCUT2D eigenvalue weighted by molar-refractivity contribution is 0.0737. The number of piperidine rings is 1. The molecule has 0 unspecified atom stereocenters. The van der Waals surface area contributed by atoms with Crippen LogP contribution in [-0.4, -0.2) is 48.7 Å². The van der Waals surface area contributed by atoms with Gasteiger partial charge in [-0.2, -0.15) is 0 Å². The van der Waals surface area contributed by atoms with Crippen LogP contribution in [0.15, 0.2) is 30.0 Å². The van der Waals surface area contributed by atoms with Crippen LogP contribution < -0.4 is 0 Å². The standard InChI is InChI=1S/C20H28N2O2/c1-15(2)14-24-20(23)21(3)18-8-10-22(11-9-18)19-12-16-6-4-5-7-17(16)13-19/h4-7,12,15,18H,8-11,13-14H2,1-3H3. The highest BCUT2D eigenvalue weighted by Crippen LogP contribution is 2.29. The van der Waals surface area contributed by atoms with Crippen molar-refractivity contribution in [1.82, 2.24) is 9.80 Å². The van der Waals surface area contributed by atoms with Crippen molar-refractivity contribution in [2.75, 3.05) is 26.7 Å². The molecule has 0 saturated carbocycles. The first-order chi connectivity index (χ1) is 11.5. The van der Waals surface area contributed by atoms with Crippen LogP contribution in [-0.2, 0) is 11.2 Å². The summed E-state index contributed by atoms with van der Waals surface area (Å²) in [5.41, 5.74) is 4.19. The first-order valence-corrected chi connectivity index (χ1v) is 8.97. The Labute approximate surface area is 145 Å². The van der Waals surface area contributed by atoms with Crippen LogP contribution in [0.1, 0.15) is 37.8 Å². The molecular formula is C20H28N2O2. The lowest BCUT2D eigenvalue weighted by atomic mass is 10.0. The largest absolute Gasteiger partial charge is 0.449 e. The van der Waals surface area contributed by atoms with Gasteiger partial charge in [0, 0.05) is 38.3 Å². The van der Waals surface area contributed by atoms with Gasteiger partial charge in [0.05, 0.1) is 6.61 Å². The van der Waals surface area contributed by atoms with Crippen LogP contribution in [0, 0.1) is 5.92 Å². The second-order valence-corrected chi connectivity index (χ2v) is 7.31. The molecule has 1 aromatic rings. The molecule has 0 radical (unpaired) electrons. The number of hydrogen-bond acceptors (Lipinski definition) is 3. The molecule has 1 saturated heterocycles. The molecule has 1 heterocycles. The number of amides is 1. The van der Waals surface area contributed by atoms with E-state index in [1.54, 1.807) is 4.90 Å². The number of likely N-dealkylation sites (tertiary alicyclic amines) is 1. The molecule has 1 aliphatic carbocycles. The third-order valence-electron chi connectivity index (χ3n) is 5.00. The Morgan fingerprint density at radius 3 is 2.67 bits per heavy atom. The fourth-order valence-electron chi connectivity index (χ4n) is 3.49. The monoisotopic (exact) mass is 328 g/mol. The van der Waals surface area contributed by atoms with E-state index in [9.17, 15) is 4.79 Å². The average molecular weight is 328 g/mol. The SMILES string of the molecule is CC(C)COC(=O)N(C)C1CCN(C2=Cc3ccccc3C2)CC1. The summed E-state index contributed by atoms with van der Waals surface area (Å²) in [4.78, 5) is 16.4. The second-order valence-electron chi connectivity index (χ2n) is 7.31. The van der Waals surface area contributed by atoms with E-state index in [0.717, 1.165) is 32.4 Å². The Balaban J connectivity index is 1.51. The number of ether oxygens (including phenoxy) is 1. The summed E-state index contributed by atoms with van der Waals surface area (Å²) in [6.07, 6.45) is 5.17. The van der Waals surface area contributed by atoms with Gasteiger partial charge in [-0.15, -0.1) is 0 Å². The molecule has 0 aromatic heterocycles. The summed E-state index contributed by atoms with van der Waals surface area (Å²) in [6.45, 7) is 6.62. The van der Waals surface area contributed by atoms with Gasteiger partial charge in [-0.3, -0.25) is 0 Å². The molecule has 130 valence electrons. The minimum absolute atomic E-state index is 0.186. The first-order valence-electron chi connectivity index (χ1n) is 8.97. The smallest absolute Gasteiger partial charge is 0.409 e. The normalized spacial score (nSPS) is 17.7. The fraction of sp³-hybridized carbons (Fsp3) is 0.550. The van der Waals surface area contributed by atoms with E-state index < -0.39 is 0 Å². The minimum Gasteiger partial charge on any atom is -0.449 e. The highest BCUT2D eigenvalue weighted by Gasteiger charge is 2.28. The van der Waals surface area contributed by atoms with Crippen molar-refractivity contribution in [3.8, 4) is 0 Å². The van der Waals surface area contributed by atoms with Gasteiger partial charge in [-0.05, 0) is 36.0 Å². The Morgan fingerprint density at radius 1 is 1.29 bits per heavy atom. The third-order valence-corrected chi connectivity index (χ3v) is 5.00. The number of carbonyl (C=O) groups excluding carboxylic acids is 1. The lowest BCUT2D eigenvalue weighted by Crippen LogP contribution is -2.45. The quantitative estimate of drug-likeness (QED) is 0.843. The van der Waals surface area contributed by atoms with Crippen molar-refractivity contribution < 1.29 is 9.53 Å². The summed E-state index contributed by atoms with van der Waals surface area (Å²) in [5.74, 6) is 0.375. The predicted octanol–water partition coefficient (Wildman–Crippen LogP) is 3.77. The summed E-state index contributed by atoms with van der Waals surface area (Å²) in [7, 11) is 1.87. The highest BCUT2D eigenvalue weighted by molar-refractivity contribution is 5.67. The number of carbonyl (C=O) groups is 1. The summed E-state index contributed by atoms with van der Waals surface area (Å²) < 4.78 is 5.35. The van der Waals surface area contributed by atoms with Crippen LogP contribution in [0.5, 0.6) is 0 Å². The molecule has 0 N–H and O–H groups in total. The molecule has 1 aromatic carbocycles. The topological polar surface area (TPSA) is 32.8 Å². The molecular weight excluding hydrogens is 300 g/mol. The Bertz CT molecular complexity index is 616. The van der Waals surface area contributed by atoms with E-state index in [2.05, 4.69) is 49.1 Å². The summed E-state index contributed by atoms with van der Waals surface area (Å²) in [6, 6.07) is 8.89. The third kappa shape index (κ3) is 3.74. The Kier molecular flexibility index (Phi) is 5.12. The van der Waals surface area contributed by atoms with Gasteiger partial charge in [-0.25, -0.2) is 4.79 Å². The number of fused-ring (bicyclic) bond motifs is 1. The van der Waals surface area contributed by atoms with Crippen LogP contribution in [0.25, 0.3) is 6.08 Å². The molecule has 1 fully saturated rings. The van der Waals surface area contributed by atoms with Gasteiger partial charge >= 0.3 is 6.09 Å². The molecule has 0 atom stereocenters. The van der Waals surface area contributed by atoms with E-state index >= 15 is 0 Å². The average Bonchev–Trinajstić information content (AvgIpc) is 3.03. The fourth-order valence-corrected chi connectivity index (χ4v) is 3.49. The van der Waals surface area contributed by atoms with Gasteiger partial charge in [0.1, 0.15) is 0 Å². The molecule has 0 bridgehead atoms. The zero-order chi connectivity index (χ0) is 17.1. The minimum atomic E-state index is -0.186. The van der Waals surface area contributed by atoms with Crippen molar-refractivity contribution in [2.45, 2.75) is 39.2 Å². The Morgan fingerprint density at radius 2 is 2.00 bits per heavy atom. The Hall–Kier alpha value is -1.97. The van der Waals surface area contributed by atoms with Crippen molar-refractivity contribution in [1.29, 1.82) is 0 Å². The first kappa shape index (κ1) is 16.9. The molecule has 1 amide bonds. The van der Waals surface area contributed by atoms with Gasteiger partial charge in [0.2, 0.25) is 0 Å². The van der Waals surface area contributed by atoms with Gasteiger partial charge in [-0.1, -0.05) is 38.1 Å². The van der Waals surface area contributed by atoms with E-state index in [1.807, 2.05) is 7.05 Å². The van der Waals surface area contributed by atoms with E-state index in [-0.39, 0.29) is 12.1 Å². The van der Waals surface area contributed by atoms with E-state index in [4.69, 9.17) is 4.74 Å². The molecule has 4 nitrogen and oxygen atoms in total. The van der Waals surface area contributed by atoms with Crippen molar-refractivity contribution in [3.05, 3.63) is 41.1 Å². The second kappa shape index (κ2) is 7.29. The maximum absolute atomic E-state index is 12.1. The molecule has 2 aliphatic rings. The van der Waals surface area contributed by atoms with Gasteiger partial charge in [0.15, 0.2) is 0 Å². The maximum atomic E-state index is 12.1. The van der Waals surface area contributed by atoms with Gasteiger partial charge in [0.25, 0.3) is 0 Å². The number of benzene rings is 1. The summed E-state index contributed by atoms with van der Waals surface area (Å²) >= 11 is 0. The number of nitrogens with zero attached hydrogens (tertiary/aromatic N) is 2. The summed E-state index contributed by atoms with van der Waals surface area (Å²) in [5, 5.41) is 0. The number of rotatable bonds is 4. The number of allylic oxidation sites excluding steroid dienone is 1. The van der Waals surface area contributed by atoms with Crippen LogP contribution >= 0.6 is 0 Å². The van der Waals surface area contributed by atoms with Crippen LogP contribution in [0.4, 0.5) is 4.79 Å². The highest BCUT2D eigenvalue weighted by atomic mass is 16.6. The van der Waals surface area contributed by atoms with Crippen molar-refractivity contribution in [3.63, 3.8) is 0 Å². The van der Waals surface area contributed by atoms with Crippen LogP contribution in [0.3, 0.4) is 0 Å². The zero-order valence-electron chi connectivity index (χ0n) is 15.0. The number of hydrogen-bond donors (Lipinski definition) is 0. The van der Waals surface area contributed by atoms with Crippen LogP contribution in [0.2, 0.25) is 0 Å². The van der Waals surface area contributed by atoms with Crippen molar-refractivity contribution >= 4 is 12.2 Å². The predicted molar refractivity (Wildman–Crippen MR) is 96.7 cm³/mol.